The van der Waals surface area contributed by atoms with Gasteiger partial charge in [0.05, 0.1) is 5.69 Å². The van der Waals surface area contributed by atoms with E-state index in [0.29, 0.717) is 0 Å². The summed E-state index contributed by atoms with van der Waals surface area (Å²) in [5.74, 6) is 1.87. The molecule has 1 aliphatic heterocycles. The molecule has 1 heterocycles. The minimum absolute atomic E-state index is 0.793. The van der Waals surface area contributed by atoms with Crippen molar-refractivity contribution in [3.63, 3.8) is 0 Å². The highest BCUT2D eigenvalue weighted by atomic mass is 16.5. The Kier molecular flexibility index (Phi) is 2.50. The highest BCUT2D eigenvalue weighted by Crippen LogP contribution is 2.34. The summed E-state index contributed by atoms with van der Waals surface area (Å²) in [4.78, 5) is 0. The van der Waals surface area contributed by atoms with Gasteiger partial charge in [0.1, 0.15) is 12.4 Å². The number of nitrogens with one attached hydrogen (secondary N) is 1. The molecular weight excluding hydrogens is 198 g/mol. The number of benzene rings is 1. The van der Waals surface area contributed by atoms with Crippen LogP contribution >= 0.6 is 0 Å². The van der Waals surface area contributed by atoms with E-state index in [2.05, 4.69) is 24.4 Å². The van der Waals surface area contributed by atoms with Crippen molar-refractivity contribution in [2.24, 2.45) is 5.92 Å². The minimum Gasteiger partial charge on any atom is -0.490 e. The normalized spacial score (nSPS) is 23.4. The van der Waals surface area contributed by atoms with Gasteiger partial charge in [0.2, 0.25) is 0 Å². The lowest BCUT2D eigenvalue weighted by Gasteiger charge is -2.21. The minimum atomic E-state index is 0.793. The first kappa shape index (κ1) is 10.0. The van der Waals surface area contributed by atoms with Gasteiger partial charge in [0, 0.05) is 6.54 Å². The summed E-state index contributed by atoms with van der Waals surface area (Å²) in [7, 11) is 0. The summed E-state index contributed by atoms with van der Waals surface area (Å²) in [5, 5.41) is 3.42. The lowest BCUT2D eigenvalue weighted by molar-refractivity contribution is 0.323. The predicted molar refractivity (Wildman–Crippen MR) is 66.2 cm³/mol. The van der Waals surface area contributed by atoms with Crippen LogP contribution in [0.3, 0.4) is 0 Å². The van der Waals surface area contributed by atoms with Crippen molar-refractivity contribution in [1.82, 2.24) is 0 Å². The molecule has 1 atom stereocenters. The van der Waals surface area contributed by atoms with Crippen LogP contribution in [0.4, 0.5) is 5.69 Å². The summed E-state index contributed by atoms with van der Waals surface area (Å²) < 4.78 is 5.70. The smallest absolute Gasteiger partial charge is 0.142 e. The first-order valence-electron chi connectivity index (χ1n) is 6.35. The number of ether oxygens (including phenoxy) is 1. The van der Waals surface area contributed by atoms with Gasteiger partial charge in [-0.25, -0.2) is 0 Å². The van der Waals surface area contributed by atoms with E-state index in [9.17, 15) is 0 Å². The van der Waals surface area contributed by atoms with Gasteiger partial charge in [-0.05, 0) is 48.4 Å². The number of rotatable bonds is 0. The van der Waals surface area contributed by atoms with E-state index in [1.165, 1.54) is 42.5 Å². The molecule has 1 N–H and O–H groups in total. The summed E-state index contributed by atoms with van der Waals surface area (Å²) in [5.41, 5.74) is 4.23. The molecule has 0 fully saturated rings. The van der Waals surface area contributed by atoms with Crippen LogP contribution in [0.25, 0.3) is 0 Å². The van der Waals surface area contributed by atoms with Gasteiger partial charge in [-0.15, -0.1) is 0 Å². The topological polar surface area (TPSA) is 21.3 Å². The molecule has 0 saturated carbocycles. The van der Waals surface area contributed by atoms with Gasteiger partial charge in [0.15, 0.2) is 0 Å². The molecule has 0 saturated heterocycles. The second kappa shape index (κ2) is 4.00. The fourth-order valence-electron chi connectivity index (χ4n) is 2.81. The monoisotopic (exact) mass is 217 g/mol. The van der Waals surface area contributed by atoms with Crippen LogP contribution in [0.1, 0.15) is 30.9 Å². The molecule has 2 nitrogen and oxygen atoms in total. The molecule has 2 heteroatoms. The SMILES string of the molecule is CC1CCCc2cc3c(cc2C1)OCCN3. The summed E-state index contributed by atoms with van der Waals surface area (Å²) in [6.45, 7) is 4.08. The van der Waals surface area contributed by atoms with E-state index in [0.717, 1.165) is 24.8 Å². The molecule has 86 valence electrons. The van der Waals surface area contributed by atoms with E-state index in [1.807, 2.05) is 0 Å². The third-order valence-electron chi connectivity index (χ3n) is 3.69. The molecule has 1 aliphatic carbocycles. The zero-order valence-corrected chi connectivity index (χ0v) is 9.88. The molecule has 1 aromatic carbocycles. The molecule has 0 amide bonds. The highest BCUT2D eigenvalue weighted by molar-refractivity contribution is 5.61. The van der Waals surface area contributed by atoms with Crippen molar-refractivity contribution < 1.29 is 4.74 Å². The Morgan fingerprint density at radius 1 is 1.31 bits per heavy atom. The van der Waals surface area contributed by atoms with E-state index in [4.69, 9.17) is 4.74 Å². The number of hydrogen-bond donors (Lipinski definition) is 1. The Morgan fingerprint density at radius 2 is 2.25 bits per heavy atom. The third kappa shape index (κ3) is 1.77. The fraction of sp³-hybridized carbons (Fsp3) is 0.571. The Bertz CT molecular complexity index is 400. The molecule has 0 radical (unpaired) electrons. The summed E-state index contributed by atoms with van der Waals surface area (Å²) in [6, 6.07) is 4.57. The van der Waals surface area contributed by atoms with E-state index < -0.39 is 0 Å². The zero-order chi connectivity index (χ0) is 11.0. The molecule has 0 bridgehead atoms. The maximum absolute atomic E-state index is 5.70. The van der Waals surface area contributed by atoms with Crippen molar-refractivity contribution in [2.45, 2.75) is 32.6 Å². The molecule has 16 heavy (non-hydrogen) atoms. The Balaban J connectivity index is 2.01. The molecular formula is C14H19NO. The Morgan fingerprint density at radius 3 is 3.19 bits per heavy atom. The van der Waals surface area contributed by atoms with Crippen molar-refractivity contribution in [1.29, 1.82) is 0 Å². The number of anilines is 1. The van der Waals surface area contributed by atoms with E-state index in [1.54, 1.807) is 0 Å². The average Bonchev–Trinajstić information content (AvgIpc) is 2.46. The van der Waals surface area contributed by atoms with Crippen LogP contribution in [0, 0.1) is 5.92 Å². The first-order valence-corrected chi connectivity index (χ1v) is 6.35. The summed E-state index contributed by atoms with van der Waals surface area (Å²) in [6.07, 6.45) is 5.13. The second-order valence-corrected chi connectivity index (χ2v) is 5.09. The van der Waals surface area contributed by atoms with Crippen molar-refractivity contribution >= 4 is 5.69 Å². The van der Waals surface area contributed by atoms with Gasteiger partial charge < -0.3 is 10.1 Å². The van der Waals surface area contributed by atoms with Crippen LogP contribution < -0.4 is 10.1 Å². The summed E-state index contributed by atoms with van der Waals surface area (Å²) >= 11 is 0. The molecule has 2 aliphatic rings. The maximum Gasteiger partial charge on any atom is 0.142 e. The van der Waals surface area contributed by atoms with Crippen LogP contribution in [0.15, 0.2) is 12.1 Å². The van der Waals surface area contributed by atoms with Crippen LogP contribution in [0.5, 0.6) is 5.75 Å². The van der Waals surface area contributed by atoms with Crippen molar-refractivity contribution in [2.75, 3.05) is 18.5 Å². The Labute approximate surface area is 97.0 Å². The van der Waals surface area contributed by atoms with Crippen molar-refractivity contribution in [3.05, 3.63) is 23.3 Å². The Hall–Kier alpha value is -1.18. The van der Waals surface area contributed by atoms with Crippen LogP contribution in [0.2, 0.25) is 0 Å². The molecule has 0 spiro atoms. The highest BCUT2D eigenvalue weighted by Gasteiger charge is 2.18. The lowest BCUT2D eigenvalue weighted by Crippen LogP contribution is -2.18. The molecule has 1 unspecified atom stereocenters. The maximum atomic E-state index is 5.70. The zero-order valence-electron chi connectivity index (χ0n) is 9.88. The number of fused-ring (bicyclic) bond motifs is 2. The third-order valence-corrected chi connectivity index (χ3v) is 3.69. The lowest BCUT2D eigenvalue weighted by atomic mass is 9.97. The van der Waals surface area contributed by atoms with Crippen LogP contribution in [-0.4, -0.2) is 13.2 Å². The van der Waals surface area contributed by atoms with E-state index >= 15 is 0 Å². The van der Waals surface area contributed by atoms with Crippen molar-refractivity contribution in [3.8, 4) is 5.75 Å². The van der Waals surface area contributed by atoms with Gasteiger partial charge >= 0.3 is 0 Å². The van der Waals surface area contributed by atoms with Crippen LogP contribution in [-0.2, 0) is 12.8 Å². The van der Waals surface area contributed by atoms with Gasteiger partial charge in [-0.3, -0.25) is 0 Å². The largest absolute Gasteiger partial charge is 0.490 e. The quantitative estimate of drug-likeness (QED) is 0.674. The van der Waals surface area contributed by atoms with Gasteiger partial charge in [0.25, 0.3) is 0 Å². The standard InChI is InChI=1S/C14H19NO/c1-10-3-2-4-11-8-13-14(9-12(11)7-10)16-6-5-15-13/h8-10,15H,2-7H2,1H3. The molecule has 3 rings (SSSR count). The first-order chi connectivity index (χ1) is 7.83. The average molecular weight is 217 g/mol. The molecule has 1 aromatic rings. The number of aryl methyl sites for hydroxylation is 1. The second-order valence-electron chi connectivity index (χ2n) is 5.09. The van der Waals surface area contributed by atoms with E-state index in [-0.39, 0.29) is 0 Å². The predicted octanol–water partition coefficient (Wildman–Crippen LogP) is 3.01. The fourth-order valence-corrected chi connectivity index (χ4v) is 2.81. The molecule has 0 aromatic heterocycles. The van der Waals surface area contributed by atoms with Gasteiger partial charge in [-0.1, -0.05) is 13.3 Å². The van der Waals surface area contributed by atoms with Gasteiger partial charge in [-0.2, -0.15) is 0 Å². The number of hydrogen-bond acceptors (Lipinski definition) is 2.